The van der Waals surface area contributed by atoms with Crippen molar-refractivity contribution < 1.29 is 4.79 Å². The molecule has 0 aliphatic heterocycles. The predicted octanol–water partition coefficient (Wildman–Crippen LogP) is 3.41. The molecule has 6 nitrogen and oxygen atoms in total. The molecule has 2 N–H and O–H groups in total. The fourth-order valence-electron chi connectivity index (χ4n) is 3.05. The van der Waals surface area contributed by atoms with Crippen LogP contribution in [-0.2, 0) is 17.9 Å². The molecule has 0 fully saturated rings. The zero-order chi connectivity index (χ0) is 20.3. The fraction of sp³-hybridized carbons (Fsp3) is 0.381. The van der Waals surface area contributed by atoms with Gasteiger partial charge in [-0.25, -0.2) is 4.98 Å². The Morgan fingerprint density at radius 2 is 2.07 bits per heavy atom. The van der Waals surface area contributed by atoms with Crippen LogP contribution in [0.15, 0.2) is 40.3 Å². The van der Waals surface area contributed by atoms with Crippen molar-refractivity contribution in [2.45, 2.75) is 45.9 Å². The highest BCUT2D eigenvalue weighted by atomic mass is 32.2. The molecule has 0 saturated heterocycles. The van der Waals surface area contributed by atoms with Gasteiger partial charge < -0.3 is 10.3 Å². The lowest BCUT2D eigenvalue weighted by atomic mass is 10.1. The van der Waals surface area contributed by atoms with E-state index in [0.717, 1.165) is 16.8 Å². The zero-order valence-corrected chi connectivity index (χ0v) is 17.5. The maximum atomic E-state index is 12.9. The third-order valence-electron chi connectivity index (χ3n) is 4.29. The molecule has 0 aliphatic carbocycles. The van der Waals surface area contributed by atoms with Gasteiger partial charge in [-0.2, -0.15) is 0 Å². The summed E-state index contributed by atoms with van der Waals surface area (Å²) < 4.78 is 1.67. The summed E-state index contributed by atoms with van der Waals surface area (Å²) in [5, 5.41) is 3.51. The number of aryl methyl sites for hydroxylation is 2. The van der Waals surface area contributed by atoms with Crippen LogP contribution in [0.4, 0.5) is 0 Å². The minimum Gasteiger partial charge on any atom is -0.353 e. The van der Waals surface area contributed by atoms with Gasteiger partial charge in [0.2, 0.25) is 5.91 Å². The van der Waals surface area contributed by atoms with E-state index in [1.165, 1.54) is 11.8 Å². The van der Waals surface area contributed by atoms with Gasteiger partial charge in [0, 0.05) is 18.8 Å². The van der Waals surface area contributed by atoms with E-state index in [9.17, 15) is 9.59 Å². The Balaban J connectivity index is 1.73. The van der Waals surface area contributed by atoms with Crippen LogP contribution in [0.25, 0.3) is 11.0 Å². The van der Waals surface area contributed by atoms with Crippen molar-refractivity contribution in [3.8, 4) is 0 Å². The van der Waals surface area contributed by atoms with E-state index in [1.54, 1.807) is 4.57 Å². The normalized spacial score (nSPS) is 11.3. The van der Waals surface area contributed by atoms with E-state index in [-0.39, 0.29) is 17.2 Å². The van der Waals surface area contributed by atoms with Crippen LogP contribution >= 0.6 is 11.8 Å². The number of H-pyrrole nitrogens is 1. The standard InChI is InChI=1S/C21H26N4O2S/c1-13(2)11-25-20(27)19-17(9-15(4)23-19)24-21(25)28-12-18(26)22-10-16-7-5-6-14(3)8-16/h5-9,13,23H,10-12H2,1-4H3,(H,22,26). The quantitative estimate of drug-likeness (QED) is 0.472. The summed E-state index contributed by atoms with van der Waals surface area (Å²) in [5.74, 6) is 0.426. The number of aromatic nitrogens is 3. The number of nitrogens with one attached hydrogen (secondary N) is 2. The van der Waals surface area contributed by atoms with Gasteiger partial charge in [0.25, 0.3) is 5.56 Å². The molecule has 7 heteroatoms. The van der Waals surface area contributed by atoms with Crippen molar-refractivity contribution >= 4 is 28.7 Å². The summed E-state index contributed by atoms with van der Waals surface area (Å²) in [5.41, 5.74) is 4.20. The number of aromatic amines is 1. The third-order valence-corrected chi connectivity index (χ3v) is 5.27. The van der Waals surface area contributed by atoms with E-state index in [2.05, 4.69) is 35.2 Å². The first-order valence-corrected chi connectivity index (χ1v) is 10.4. The number of amides is 1. The van der Waals surface area contributed by atoms with Crippen molar-refractivity contribution in [2.24, 2.45) is 5.92 Å². The van der Waals surface area contributed by atoms with Crippen molar-refractivity contribution in [3.05, 3.63) is 57.5 Å². The topological polar surface area (TPSA) is 79.8 Å². The molecule has 0 aliphatic rings. The summed E-state index contributed by atoms with van der Waals surface area (Å²) in [6.45, 7) is 9.09. The van der Waals surface area contributed by atoms with Crippen LogP contribution in [0.3, 0.4) is 0 Å². The maximum Gasteiger partial charge on any atom is 0.278 e. The Morgan fingerprint density at radius 1 is 1.29 bits per heavy atom. The minimum atomic E-state index is -0.0885. The number of rotatable bonds is 7. The van der Waals surface area contributed by atoms with Gasteiger partial charge in [-0.1, -0.05) is 55.4 Å². The van der Waals surface area contributed by atoms with Gasteiger partial charge in [-0.05, 0) is 31.4 Å². The second-order valence-corrected chi connectivity index (χ2v) is 8.41. The highest BCUT2D eigenvalue weighted by Gasteiger charge is 2.15. The molecule has 0 saturated carbocycles. The molecule has 0 radical (unpaired) electrons. The predicted molar refractivity (Wildman–Crippen MR) is 114 cm³/mol. The highest BCUT2D eigenvalue weighted by molar-refractivity contribution is 7.99. The van der Waals surface area contributed by atoms with Gasteiger partial charge in [0.05, 0.1) is 11.3 Å². The Kier molecular flexibility index (Phi) is 6.24. The zero-order valence-electron chi connectivity index (χ0n) is 16.7. The summed E-state index contributed by atoms with van der Waals surface area (Å²) in [6, 6.07) is 9.91. The number of carbonyl (C=O) groups is 1. The molecule has 0 spiro atoms. The van der Waals surface area contributed by atoms with Crippen LogP contribution < -0.4 is 10.9 Å². The molecule has 1 aromatic carbocycles. The van der Waals surface area contributed by atoms with Crippen LogP contribution in [0.1, 0.15) is 30.7 Å². The van der Waals surface area contributed by atoms with Gasteiger partial charge >= 0.3 is 0 Å². The molecular formula is C21H26N4O2S. The molecular weight excluding hydrogens is 372 g/mol. The van der Waals surface area contributed by atoms with E-state index < -0.39 is 0 Å². The first kappa shape index (κ1) is 20.2. The van der Waals surface area contributed by atoms with Crippen molar-refractivity contribution in [1.29, 1.82) is 0 Å². The molecule has 2 aromatic heterocycles. The Labute approximate surface area is 168 Å². The second kappa shape index (κ2) is 8.65. The first-order chi connectivity index (χ1) is 13.3. The molecule has 0 bridgehead atoms. The van der Waals surface area contributed by atoms with E-state index in [0.29, 0.717) is 35.2 Å². The number of fused-ring (bicyclic) bond motifs is 1. The molecule has 3 aromatic rings. The summed E-state index contributed by atoms with van der Waals surface area (Å²) in [4.78, 5) is 32.9. The number of nitrogens with zero attached hydrogens (tertiary/aromatic N) is 2. The van der Waals surface area contributed by atoms with Crippen LogP contribution in [-0.4, -0.2) is 26.2 Å². The lowest BCUT2D eigenvalue weighted by Gasteiger charge is -2.14. The average Bonchev–Trinajstić information content (AvgIpc) is 3.01. The smallest absolute Gasteiger partial charge is 0.278 e. The number of benzene rings is 1. The Bertz CT molecular complexity index is 1050. The maximum absolute atomic E-state index is 12.9. The SMILES string of the molecule is Cc1cccc(CNC(=O)CSc2nc3cc(C)[nH]c3c(=O)n2CC(C)C)c1. The second-order valence-electron chi connectivity index (χ2n) is 7.47. The molecule has 0 atom stereocenters. The lowest BCUT2D eigenvalue weighted by molar-refractivity contribution is -0.118. The van der Waals surface area contributed by atoms with Crippen LogP contribution in [0.2, 0.25) is 0 Å². The van der Waals surface area contributed by atoms with Gasteiger partial charge in [-0.3, -0.25) is 14.2 Å². The number of hydrogen-bond acceptors (Lipinski definition) is 4. The molecule has 2 heterocycles. The lowest BCUT2D eigenvalue weighted by Crippen LogP contribution is -2.27. The Hall–Kier alpha value is -2.54. The molecule has 28 heavy (non-hydrogen) atoms. The van der Waals surface area contributed by atoms with E-state index in [4.69, 9.17) is 0 Å². The molecule has 148 valence electrons. The molecule has 0 unspecified atom stereocenters. The Morgan fingerprint density at radius 3 is 2.79 bits per heavy atom. The van der Waals surface area contributed by atoms with Crippen LogP contribution in [0.5, 0.6) is 0 Å². The summed E-state index contributed by atoms with van der Waals surface area (Å²) in [6.07, 6.45) is 0. The molecule has 3 rings (SSSR count). The van der Waals surface area contributed by atoms with Gasteiger partial charge in [0.1, 0.15) is 5.52 Å². The minimum absolute atomic E-state index is 0.0813. The van der Waals surface area contributed by atoms with E-state index in [1.807, 2.05) is 38.1 Å². The summed E-state index contributed by atoms with van der Waals surface area (Å²) in [7, 11) is 0. The van der Waals surface area contributed by atoms with Crippen molar-refractivity contribution in [2.75, 3.05) is 5.75 Å². The largest absolute Gasteiger partial charge is 0.353 e. The number of carbonyl (C=O) groups excluding carboxylic acids is 1. The fourth-order valence-corrected chi connectivity index (χ4v) is 3.89. The van der Waals surface area contributed by atoms with Crippen molar-refractivity contribution in [3.63, 3.8) is 0 Å². The molecule has 1 amide bonds. The first-order valence-electron chi connectivity index (χ1n) is 9.38. The average molecular weight is 399 g/mol. The van der Waals surface area contributed by atoms with Crippen molar-refractivity contribution in [1.82, 2.24) is 19.9 Å². The monoisotopic (exact) mass is 398 g/mol. The number of thioether (sulfide) groups is 1. The number of hydrogen-bond donors (Lipinski definition) is 2. The van der Waals surface area contributed by atoms with Gasteiger partial charge in [0.15, 0.2) is 5.16 Å². The van der Waals surface area contributed by atoms with E-state index >= 15 is 0 Å². The van der Waals surface area contributed by atoms with Crippen LogP contribution in [0, 0.1) is 19.8 Å². The summed E-state index contributed by atoms with van der Waals surface area (Å²) >= 11 is 1.30. The van der Waals surface area contributed by atoms with Gasteiger partial charge in [-0.15, -0.1) is 0 Å². The highest BCUT2D eigenvalue weighted by Crippen LogP contribution is 2.19. The third kappa shape index (κ3) is 4.84.